The lowest BCUT2D eigenvalue weighted by molar-refractivity contribution is 1.67. The van der Waals surface area contributed by atoms with Crippen LogP contribution in [0.25, 0.3) is 141 Å². The van der Waals surface area contributed by atoms with Crippen molar-refractivity contribution in [3.05, 3.63) is 194 Å². The van der Waals surface area contributed by atoms with Gasteiger partial charge in [-0.2, -0.15) is 0 Å². The maximum Gasteiger partial charge on any atom is -0.0000476 e. The monoisotopic (exact) mass is 728 g/mol. The highest BCUT2D eigenvalue weighted by Crippen LogP contribution is 2.59. The van der Waals surface area contributed by atoms with Crippen LogP contribution in [0.2, 0.25) is 0 Å². The Bertz CT molecular complexity index is 3760. The van der Waals surface area contributed by atoms with Crippen LogP contribution in [0.1, 0.15) is 0 Å². The molecule has 0 saturated carbocycles. The Balaban J connectivity index is 1.42. The minimum Gasteiger partial charge on any atom is -0.0622 e. The summed E-state index contributed by atoms with van der Waals surface area (Å²) in [5.74, 6) is 0. The van der Waals surface area contributed by atoms with E-state index in [1.54, 1.807) is 0 Å². The maximum atomic E-state index is 2.45. The highest BCUT2D eigenvalue weighted by Gasteiger charge is 2.30. The Labute approximate surface area is 333 Å². The number of hydrogen-bond donors (Lipinski definition) is 0. The smallest absolute Gasteiger partial charge is 0.0000476 e. The molecule has 0 aliphatic heterocycles. The topological polar surface area (TPSA) is 0 Å². The molecular formula is C58H32. The first-order valence-corrected chi connectivity index (χ1v) is 20.4. The third-order valence-corrected chi connectivity index (χ3v) is 13.4. The molecule has 0 nitrogen and oxygen atoms in total. The number of hydrogen-bond acceptors (Lipinski definition) is 0. The molecule has 0 aliphatic carbocycles. The fourth-order valence-corrected chi connectivity index (χ4v) is 11.4. The van der Waals surface area contributed by atoms with Crippen molar-refractivity contribution in [2.24, 2.45) is 0 Å². The molecule has 264 valence electrons. The predicted octanol–water partition coefficient (Wildman–Crippen LogP) is 16.5. The zero-order valence-electron chi connectivity index (χ0n) is 31.5. The summed E-state index contributed by atoms with van der Waals surface area (Å²) < 4.78 is 0. The fourth-order valence-electron chi connectivity index (χ4n) is 11.4. The van der Waals surface area contributed by atoms with Gasteiger partial charge in [0.25, 0.3) is 0 Å². The van der Waals surface area contributed by atoms with Gasteiger partial charge >= 0.3 is 0 Å². The van der Waals surface area contributed by atoms with E-state index in [1.165, 1.54) is 141 Å². The van der Waals surface area contributed by atoms with E-state index in [-0.39, 0.29) is 0 Å². The molecule has 0 heteroatoms. The average molecular weight is 729 g/mol. The lowest BCUT2D eigenvalue weighted by Gasteiger charge is -2.24. The second-order valence-electron chi connectivity index (χ2n) is 16.2. The number of rotatable bonds is 3. The molecule has 14 aromatic carbocycles. The summed E-state index contributed by atoms with van der Waals surface area (Å²) in [6.45, 7) is 0. The Morgan fingerprint density at radius 3 is 1.02 bits per heavy atom. The Hall–Kier alpha value is -7.54. The van der Waals surface area contributed by atoms with Gasteiger partial charge in [-0.25, -0.2) is 0 Å². The molecule has 0 radical (unpaired) electrons. The summed E-state index contributed by atoms with van der Waals surface area (Å²) in [5, 5.41) is 26.7. The molecule has 0 amide bonds. The van der Waals surface area contributed by atoms with E-state index in [0.717, 1.165) is 0 Å². The lowest BCUT2D eigenvalue weighted by atomic mass is 9.78. The second-order valence-corrected chi connectivity index (χ2v) is 16.2. The van der Waals surface area contributed by atoms with Gasteiger partial charge < -0.3 is 0 Å². The van der Waals surface area contributed by atoms with Crippen LogP contribution >= 0.6 is 0 Å². The molecule has 0 spiro atoms. The van der Waals surface area contributed by atoms with Gasteiger partial charge in [0.2, 0.25) is 0 Å². The van der Waals surface area contributed by atoms with Crippen LogP contribution in [-0.4, -0.2) is 0 Å². The molecule has 0 unspecified atom stereocenters. The van der Waals surface area contributed by atoms with Gasteiger partial charge in [-0.15, -0.1) is 0 Å². The van der Waals surface area contributed by atoms with Crippen molar-refractivity contribution in [2.45, 2.75) is 0 Å². The molecule has 0 heterocycles. The SMILES string of the molecule is c1ccc(-c2ccc3c4c2cccc4c2c4c5cccc6cccc(c4c(-c4ccccc4)c4c(-c7ccccc7)c7c8cccc9cccc(c98)c7c3c42)c65)cc1. The zero-order chi connectivity index (χ0) is 37.6. The highest BCUT2D eigenvalue weighted by molar-refractivity contribution is 6.55. The van der Waals surface area contributed by atoms with Crippen LogP contribution in [0, 0.1) is 0 Å². The molecule has 0 fully saturated rings. The van der Waals surface area contributed by atoms with Crippen molar-refractivity contribution in [3.8, 4) is 33.4 Å². The predicted molar refractivity (Wildman–Crippen MR) is 251 cm³/mol. The normalized spacial score (nSPS) is 12.5. The molecule has 0 N–H and O–H groups in total. The molecule has 58 heavy (non-hydrogen) atoms. The van der Waals surface area contributed by atoms with Crippen molar-refractivity contribution in [3.63, 3.8) is 0 Å². The van der Waals surface area contributed by atoms with Crippen LogP contribution in [0.3, 0.4) is 0 Å². The van der Waals surface area contributed by atoms with Gasteiger partial charge in [0.1, 0.15) is 0 Å². The molecule has 0 saturated heterocycles. The lowest BCUT2D eigenvalue weighted by Crippen LogP contribution is -1.95. The zero-order valence-corrected chi connectivity index (χ0v) is 31.5. The van der Waals surface area contributed by atoms with Gasteiger partial charge in [-0.3, -0.25) is 0 Å². The van der Waals surface area contributed by atoms with Crippen LogP contribution in [-0.2, 0) is 0 Å². The van der Waals surface area contributed by atoms with Gasteiger partial charge in [0.15, 0.2) is 0 Å². The third kappa shape index (κ3) is 3.71. The van der Waals surface area contributed by atoms with E-state index >= 15 is 0 Å². The Morgan fingerprint density at radius 2 is 0.534 bits per heavy atom. The summed E-state index contributed by atoms with van der Waals surface area (Å²) in [5.41, 5.74) is 7.64. The summed E-state index contributed by atoms with van der Waals surface area (Å²) in [4.78, 5) is 0. The minimum absolute atomic E-state index is 1.24. The molecule has 0 bridgehead atoms. The number of benzene rings is 12. The van der Waals surface area contributed by atoms with Gasteiger partial charge in [-0.05, 0) is 141 Å². The van der Waals surface area contributed by atoms with Crippen LogP contribution in [0.15, 0.2) is 194 Å². The van der Waals surface area contributed by atoms with E-state index < -0.39 is 0 Å². The van der Waals surface area contributed by atoms with Gasteiger partial charge in [0, 0.05) is 0 Å². The van der Waals surface area contributed by atoms with E-state index in [2.05, 4.69) is 194 Å². The molecule has 0 aromatic heterocycles. The quantitative estimate of drug-likeness (QED) is 0.126. The fraction of sp³-hybridized carbons (Fsp3) is 0. The number of fused-ring (bicyclic) bond motifs is 10. The summed E-state index contributed by atoms with van der Waals surface area (Å²) >= 11 is 0. The molecule has 14 rings (SSSR count). The summed E-state index contributed by atoms with van der Waals surface area (Å²) in [6, 6.07) is 73.0. The van der Waals surface area contributed by atoms with E-state index in [1.807, 2.05) is 0 Å². The van der Waals surface area contributed by atoms with Crippen molar-refractivity contribution < 1.29 is 0 Å². The van der Waals surface area contributed by atoms with Gasteiger partial charge in [0.05, 0.1) is 0 Å². The molecule has 0 aliphatic rings. The summed E-state index contributed by atoms with van der Waals surface area (Å²) in [7, 11) is 0. The summed E-state index contributed by atoms with van der Waals surface area (Å²) in [6.07, 6.45) is 0. The van der Waals surface area contributed by atoms with Crippen molar-refractivity contribution in [1.29, 1.82) is 0 Å². The van der Waals surface area contributed by atoms with Crippen LogP contribution in [0.4, 0.5) is 0 Å². The van der Waals surface area contributed by atoms with Crippen LogP contribution < -0.4 is 0 Å². The first-order chi connectivity index (χ1) is 28.8. The molecule has 0 atom stereocenters. The third-order valence-electron chi connectivity index (χ3n) is 13.4. The molecular weight excluding hydrogens is 697 g/mol. The average Bonchev–Trinajstić information content (AvgIpc) is 3.80. The van der Waals surface area contributed by atoms with E-state index in [4.69, 9.17) is 0 Å². The first kappa shape index (κ1) is 30.7. The Kier molecular flexibility index (Phi) is 5.85. The maximum absolute atomic E-state index is 2.45. The second kappa shape index (κ2) is 11.1. The van der Waals surface area contributed by atoms with E-state index in [0.29, 0.717) is 0 Å². The minimum atomic E-state index is 1.24. The van der Waals surface area contributed by atoms with Gasteiger partial charge in [-0.1, -0.05) is 194 Å². The first-order valence-electron chi connectivity index (χ1n) is 20.4. The highest BCUT2D eigenvalue weighted by atomic mass is 14.3. The standard InChI is InChI=1S/C58H32/c1-4-15-33(16-5-1)38-31-32-45-50-39(38)25-14-30-44(50)55-53-42-28-12-23-34-21-10-26-40(46(34)42)51(53)48(36-17-6-2-7-18-36)57-49(37-19-8-3-9-20-37)52-41-27-11-22-35-24-13-29-43(47(35)41)54(52)56(45)58(55)57/h1-32H. The van der Waals surface area contributed by atoms with Crippen LogP contribution in [0.5, 0.6) is 0 Å². The Morgan fingerprint density at radius 1 is 0.172 bits per heavy atom. The molecule has 14 aromatic rings. The van der Waals surface area contributed by atoms with Crippen molar-refractivity contribution >= 4 is 108 Å². The largest absolute Gasteiger partial charge is 0.0622 e. The van der Waals surface area contributed by atoms with Crippen molar-refractivity contribution in [2.75, 3.05) is 0 Å². The van der Waals surface area contributed by atoms with E-state index in [9.17, 15) is 0 Å². The van der Waals surface area contributed by atoms with Crippen molar-refractivity contribution in [1.82, 2.24) is 0 Å².